The van der Waals surface area contributed by atoms with Crippen LogP contribution in [0.2, 0.25) is 0 Å². The maximum absolute atomic E-state index is 6.30. The normalized spacial score (nSPS) is 11.5. The van der Waals surface area contributed by atoms with Crippen molar-refractivity contribution in [2.45, 2.75) is 0 Å². The Bertz CT molecular complexity index is 2910. The first-order valence-corrected chi connectivity index (χ1v) is 17.8. The maximum Gasteiger partial charge on any atom is 0.136 e. The molecule has 0 aliphatic heterocycles. The van der Waals surface area contributed by atoms with Crippen molar-refractivity contribution in [3.8, 4) is 33.4 Å². The fraction of sp³-hybridized carbons (Fsp3) is 0. The maximum atomic E-state index is 6.30. The van der Waals surface area contributed by atoms with Gasteiger partial charge in [0.05, 0.1) is 5.69 Å². The molecule has 1 aromatic heterocycles. The summed E-state index contributed by atoms with van der Waals surface area (Å²) in [5.74, 6) is 0. The van der Waals surface area contributed by atoms with Crippen molar-refractivity contribution in [1.82, 2.24) is 0 Å². The Labute approximate surface area is 302 Å². The number of benzene rings is 9. The number of nitrogens with zero attached hydrogens (tertiary/aromatic N) is 1. The molecule has 10 aromatic rings. The summed E-state index contributed by atoms with van der Waals surface area (Å²) in [6.07, 6.45) is 0. The summed E-state index contributed by atoms with van der Waals surface area (Å²) in [6.45, 7) is 0. The van der Waals surface area contributed by atoms with Crippen molar-refractivity contribution >= 4 is 60.5 Å². The van der Waals surface area contributed by atoms with Crippen molar-refractivity contribution in [2.24, 2.45) is 0 Å². The molecule has 244 valence electrons. The molecule has 10 rings (SSSR count). The highest BCUT2D eigenvalue weighted by Gasteiger charge is 2.19. The summed E-state index contributed by atoms with van der Waals surface area (Å²) in [7, 11) is 0. The molecular weight excluding hydrogens is 631 g/mol. The smallest absolute Gasteiger partial charge is 0.136 e. The van der Waals surface area contributed by atoms with Gasteiger partial charge in [0.2, 0.25) is 0 Å². The lowest BCUT2D eigenvalue weighted by Crippen LogP contribution is -2.11. The van der Waals surface area contributed by atoms with E-state index in [1.165, 1.54) is 49.4 Å². The summed E-state index contributed by atoms with van der Waals surface area (Å²) in [4.78, 5) is 2.38. The zero-order valence-corrected chi connectivity index (χ0v) is 28.4. The highest BCUT2D eigenvalue weighted by Crippen LogP contribution is 2.44. The minimum Gasteiger partial charge on any atom is -0.456 e. The number of anilines is 3. The van der Waals surface area contributed by atoms with Gasteiger partial charge >= 0.3 is 0 Å². The number of rotatable bonds is 6. The first kappa shape index (κ1) is 30.0. The SMILES string of the molecule is c1ccc(-c2ccccc2-c2cccc(-c3ccccc3N(c3ccccc3)c3ccc4c(ccc5cc6c(cc54)oc4ccccc46)c3)c2)cc1. The zero-order valence-electron chi connectivity index (χ0n) is 28.4. The van der Waals surface area contributed by atoms with Crippen molar-refractivity contribution in [1.29, 1.82) is 0 Å². The van der Waals surface area contributed by atoms with E-state index in [1.54, 1.807) is 0 Å². The molecule has 0 unspecified atom stereocenters. The molecule has 2 nitrogen and oxygen atoms in total. The number of hydrogen-bond donors (Lipinski definition) is 0. The van der Waals surface area contributed by atoms with Gasteiger partial charge in [-0.05, 0) is 104 Å². The molecule has 0 radical (unpaired) electrons. The second-order valence-corrected chi connectivity index (χ2v) is 13.3. The molecule has 2 heteroatoms. The van der Waals surface area contributed by atoms with Crippen LogP contribution in [-0.4, -0.2) is 0 Å². The largest absolute Gasteiger partial charge is 0.456 e. The third-order valence-corrected chi connectivity index (χ3v) is 10.2. The average molecular weight is 664 g/mol. The van der Waals surface area contributed by atoms with Gasteiger partial charge in [0.1, 0.15) is 11.2 Å². The number of para-hydroxylation sites is 3. The molecule has 0 saturated carbocycles. The van der Waals surface area contributed by atoms with Gasteiger partial charge in [-0.25, -0.2) is 0 Å². The number of furan rings is 1. The first-order chi connectivity index (χ1) is 25.8. The average Bonchev–Trinajstić information content (AvgIpc) is 3.58. The van der Waals surface area contributed by atoms with Crippen LogP contribution in [0.5, 0.6) is 0 Å². The molecule has 0 fully saturated rings. The van der Waals surface area contributed by atoms with Gasteiger partial charge in [-0.1, -0.05) is 146 Å². The van der Waals surface area contributed by atoms with E-state index < -0.39 is 0 Å². The van der Waals surface area contributed by atoms with Crippen LogP contribution in [0.4, 0.5) is 17.1 Å². The van der Waals surface area contributed by atoms with Crippen molar-refractivity contribution in [3.05, 3.63) is 200 Å². The van der Waals surface area contributed by atoms with E-state index in [2.05, 4.69) is 193 Å². The van der Waals surface area contributed by atoms with Crippen LogP contribution in [0.15, 0.2) is 205 Å². The van der Waals surface area contributed by atoms with E-state index in [0.29, 0.717) is 0 Å². The van der Waals surface area contributed by atoms with Crippen molar-refractivity contribution in [3.63, 3.8) is 0 Å². The molecule has 0 atom stereocenters. The third-order valence-electron chi connectivity index (χ3n) is 10.2. The van der Waals surface area contributed by atoms with Crippen LogP contribution in [0.25, 0.3) is 76.9 Å². The second-order valence-electron chi connectivity index (χ2n) is 13.3. The van der Waals surface area contributed by atoms with E-state index >= 15 is 0 Å². The predicted molar refractivity (Wildman–Crippen MR) is 220 cm³/mol. The molecule has 0 aliphatic carbocycles. The minimum absolute atomic E-state index is 0.915. The summed E-state index contributed by atoms with van der Waals surface area (Å²) >= 11 is 0. The lowest BCUT2D eigenvalue weighted by Gasteiger charge is -2.28. The molecular formula is C50H33NO. The highest BCUT2D eigenvalue weighted by molar-refractivity contribution is 6.16. The number of hydrogen-bond acceptors (Lipinski definition) is 2. The quantitative estimate of drug-likeness (QED) is 0.165. The molecule has 0 amide bonds. The van der Waals surface area contributed by atoms with Gasteiger partial charge in [-0.15, -0.1) is 0 Å². The summed E-state index contributed by atoms with van der Waals surface area (Å²) in [5.41, 5.74) is 12.3. The van der Waals surface area contributed by atoms with Gasteiger partial charge < -0.3 is 9.32 Å². The molecule has 52 heavy (non-hydrogen) atoms. The molecule has 9 aromatic carbocycles. The van der Waals surface area contributed by atoms with E-state index in [1.807, 2.05) is 12.1 Å². The van der Waals surface area contributed by atoms with Gasteiger partial charge in [-0.3, -0.25) is 0 Å². The van der Waals surface area contributed by atoms with Gasteiger partial charge in [0, 0.05) is 27.7 Å². The van der Waals surface area contributed by atoms with Crippen LogP contribution in [0.3, 0.4) is 0 Å². The van der Waals surface area contributed by atoms with Crippen molar-refractivity contribution in [2.75, 3.05) is 4.90 Å². The van der Waals surface area contributed by atoms with Gasteiger partial charge in [-0.2, -0.15) is 0 Å². The van der Waals surface area contributed by atoms with Crippen molar-refractivity contribution < 1.29 is 4.42 Å². The Balaban J connectivity index is 1.11. The molecule has 0 saturated heterocycles. The van der Waals surface area contributed by atoms with E-state index in [4.69, 9.17) is 4.42 Å². The Morgan fingerprint density at radius 3 is 1.73 bits per heavy atom. The Morgan fingerprint density at radius 1 is 0.308 bits per heavy atom. The summed E-state index contributed by atoms with van der Waals surface area (Å²) in [6, 6.07) is 71.7. The van der Waals surface area contributed by atoms with E-state index in [-0.39, 0.29) is 0 Å². The Kier molecular flexibility index (Phi) is 7.18. The fourth-order valence-electron chi connectivity index (χ4n) is 7.79. The molecule has 0 spiro atoms. The monoisotopic (exact) mass is 663 g/mol. The van der Waals surface area contributed by atoms with Crippen LogP contribution in [0, 0.1) is 0 Å². The van der Waals surface area contributed by atoms with E-state index in [9.17, 15) is 0 Å². The minimum atomic E-state index is 0.915. The predicted octanol–water partition coefficient (Wildman–Crippen LogP) is 14.4. The fourth-order valence-corrected chi connectivity index (χ4v) is 7.79. The van der Waals surface area contributed by atoms with E-state index in [0.717, 1.165) is 44.6 Å². The van der Waals surface area contributed by atoms with Gasteiger partial charge in [0.15, 0.2) is 0 Å². The summed E-state index contributed by atoms with van der Waals surface area (Å²) in [5, 5.41) is 7.08. The third kappa shape index (κ3) is 5.12. The standard InChI is InChI=1S/C50H33NO/c1-3-14-34(15-4-1)41-20-7-8-21-42(41)35-16-13-17-36(30-35)44-22-9-11-24-48(44)51(39-18-5-2-6-19-39)40-28-29-43-37(31-40)26-27-38-32-47-45-23-10-12-25-49(45)52-50(47)33-46(38)43/h1-33H. The topological polar surface area (TPSA) is 16.4 Å². The Hall–Kier alpha value is -6.90. The summed E-state index contributed by atoms with van der Waals surface area (Å²) < 4.78 is 6.30. The molecule has 0 bridgehead atoms. The number of fused-ring (bicyclic) bond motifs is 6. The molecule has 0 aliphatic rings. The van der Waals surface area contributed by atoms with Crippen LogP contribution >= 0.6 is 0 Å². The van der Waals surface area contributed by atoms with Crippen LogP contribution in [-0.2, 0) is 0 Å². The van der Waals surface area contributed by atoms with Gasteiger partial charge in [0.25, 0.3) is 0 Å². The highest BCUT2D eigenvalue weighted by atomic mass is 16.3. The molecule has 0 N–H and O–H groups in total. The lowest BCUT2D eigenvalue weighted by molar-refractivity contribution is 0.669. The molecule has 1 heterocycles. The Morgan fingerprint density at radius 2 is 0.923 bits per heavy atom. The zero-order chi connectivity index (χ0) is 34.4. The lowest BCUT2D eigenvalue weighted by atomic mass is 9.92. The van der Waals surface area contributed by atoms with Crippen LogP contribution < -0.4 is 4.90 Å². The first-order valence-electron chi connectivity index (χ1n) is 17.8. The second kappa shape index (κ2) is 12.5. The van der Waals surface area contributed by atoms with Crippen LogP contribution in [0.1, 0.15) is 0 Å².